The monoisotopic (exact) mass is 415 g/mol. The van der Waals surface area contributed by atoms with Crippen LogP contribution >= 0.6 is 0 Å². The second-order valence-corrected chi connectivity index (χ2v) is 8.15. The van der Waals surface area contributed by atoms with E-state index in [1.807, 2.05) is 0 Å². The third-order valence-electron chi connectivity index (χ3n) is 4.31. The number of rotatable bonds is 7. The number of hydrogen-bond acceptors (Lipinski definition) is 4. The Bertz CT molecular complexity index is 741. The first-order chi connectivity index (χ1) is 13.4. The summed E-state index contributed by atoms with van der Waals surface area (Å²) in [6.07, 6.45) is -3.14. The van der Waals surface area contributed by atoms with Crippen LogP contribution in [0.25, 0.3) is 0 Å². The lowest BCUT2D eigenvalue weighted by atomic mass is 10.1. The van der Waals surface area contributed by atoms with Crippen LogP contribution in [0.3, 0.4) is 0 Å². The third-order valence-corrected chi connectivity index (χ3v) is 4.31. The van der Waals surface area contributed by atoms with Crippen LogP contribution in [0.4, 0.5) is 29.3 Å². The van der Waals surface area contributed by atoms with Gasteiger partial charge in [-0.25, -0.2) is 4.79 Å². The average molecular weight is 415 g/mol. The molecule has 0 saturated heterocycles. The fraction of sp³-hybridized carbons (Fsp3) is 0.600. The van der Waals surface area contributed by atoms with Crippen LogP contribution in [0.1, 0.15) is 52.5 Å². The molecule has 1 aliphatic rings. The van der Waals surface area contributed by atoms with Gasteiger partial charge in [-0.15, -0.1) is 0 Å². The number of ether oxygens (including phenoxy) is 1. The number of carbonyl (C=O) groups excluding carboxylic acids is 2. The van der Waals surface area contributed by atoms with Gasteiger partial charge in [-0.05, 0) is 58.1 Å². The molecule has 0 aromatic heterocycles. The van der Waals surface area contributed by atoms with Gasteiger partial charge in [0.25, 0.3) is 0 Å². The van der Waals surface area contributed by atoms with Gasteiger partial charge in [0.15, 0.2) is 0 Å². The second-order valence-electron chi connectivity index (χ2n) is 8.15. The lowest BCUT2D eigenvalue weighted by Gasteiger charge is -2.23. The van der Waals surface area contributed by atoms with Crippen molar-refractivity contribution in [2.24, 2.45) is 5.92 Å². The van der Waals surface area contributed by atoms with Gasteiger partial charge in [0.1, 0.15) is 11.6 Å². The van der Waals surface area contributed by atoms with Gasteiger partial charge in [0, 0.05) is 6.54 Å². The van der Waals surface area contributed by atoms with Gasteiger partial charge in [-0.1, -0.05) is 13.0 Å². The Balaban J connectivity index is 2.17. The molecule has 6 nitrogen and oxygen atoms in total. The molecular formula is C20H28F3N3O3. The third kappa shape index (κ3) is 7.14. The minimum absolute atomic E-state index is 0.0231. The van der Waals surface area contributed by atoms with Crippen molar-refractivity contribution in [3.8, 4) is 0 Å². The molecule has 1 atom stereocenters. The molecular weight excluding hydrogens is 387 g/mol. The molecule has 1 aromatic carbocycles. The fourth-order valence-corrected chi connectivity index (χ4v) is 2.67. The first kappa shape index (κ1) is 22.8. The number of hydrogen-bond donors (Lipinski definition) is 3. The molecule has 1 aromatic rings. The van der Waals surface area contributed by atoms with Crippen molar-refractivity contribution in [1.29, 1.82) is 0 Å². The summed E-state index contributed by atoms with van der Waals surface area (Å²) in [5.41, 5.74) is -1.72. The predicted molar refractivity (Wildman–Crippen MR) is 105 cm³/mol. The SMILES string of the molecule is CCC(NC(=O)OC(C)(C)C)C(=O)Nc1cccc(C(F)(F)F)c1NCC1CC1. The zero-order valence-electron chi connectivity index (χ0n) is 17.1. The van der Waals surface area contributed by atoms with Crippen LogP contribution in [0.2, 0.25) is 0 Å². The molecule has 0 aliphatic heterocycles. The summed E-state index contributed by atoms with van der Waals surface area (Å²) < 4.78 is 45.4. The maximum absolute atomic E-state index is 13.4. The minimum atomic E-state index is -4.56. The van der Waals surface area contributed by atoms with Crippen molar-refractivity contribution in [3.05, 3.63) is 23.8 Å². The number of benzene rings is 1. The lowest BCUT2D eigenvalue weighted by molar-refractivity contribution is -0.137. The molecule has 9 heteroatoms. The van der Waals surface area contributed by atoms with E-state index < -0.39 is 35.4 Å². The van der Waals surface area contributed by atoms with Crippen LogP contribution in [-0.4, -0.2) is 30.2 Å². The van der Waals surface area contributed by atoms with E-state index in [9.17, 15) is 22.8 Å². The van der Waals surface area contributed by atoms with E-state index in [-0.39, 0.29) is 17.8 Å². The highest BCUT2D eigenvalue weighted by atomic mass is 19.4. The van der Waals surface area contributed by atoms with Crippen LogP contribution < -0.4 is 16.0 Å². The molecule has 1 fully saturated rings. The molecule has 1 unspecified atom stereocenters. The first-order valence-electron chi connectivity index (χ1n) is 9.65. The van der Waals surface area contributed by atoms with E-state index in [1.54, 1.807) is 27.7 Å². The van der Waals surface area contributed by atoms with Gasteiger partial charge in [-0.2, -0.15) is 13.2 Å². The lowest BCUT2D eigenvalue weighted by Crippen LogP contribution is -2.45. The summed E-state index contributed by atoms with van der Waals surface area (Å²) in [6.45, 7) is 7.15. The Morgan fingerprint density at radius 1 is 1.21 bits per heavy atom. The molecule has 1 aliphatic carbocycles. The van der Waals surface area contributed by atoms with Gasteiger partial charge >= 0.3 is 12.3 Å². The van der Waals surface area contributed by atoms with E-state index >= 15 is 0 Å². The van der Waals surface area contributed by atoms with E-state index in [4.69, 9.17) is 4.74 Å². The van der Waals surface area contributed by atoms with E-state index in [1.165, 1.54) is 12.1 Å². The molecule has 2 amide bonds. The smallest absolute Gasteiger partial charge is 0.418 e. The Labute approximate surface area is 168 Å². The van der Waals surface area contributed by atoms with E-state index in [0.29, 0.717) is 12.5 Å². The number of amides is 2. The van der Waals surface area contributed by atoms with Crippen molar-refractivity contribution in [1.82, 2.24) is 5.32 Å². The average Bonchev–Trinajstić information content (AvgIpc) is 3.40. The highest BCUT2D eigenvalue weighted by Crippen LogP contribution is 2.40. The maximum Gasteiger partial charge on any atom is 0.418 e. The highest BCUT2D eigenvalue weighted by Gasteiger charge is 2.35. The van der Waals surface area contributed by atoms with E-state index in [2.05, 4.69) is 16.0 Å². The Kier molecular flexibility index (Phi) is 7.02. The molecule has 2 rings (SSSR count). The number of nitrogens with one attached hydrogen (secondary N) is 3. The van der Waals surface area contributed by atoms with Crippen LogP contribution in [0.5, 0.6) is 0 Å². The molecule has 0 heterocycles. The van der Waals surface area contributed by atoms with Crippen molar-refractivity contribution in [3.63, 3.8) is 0 Å². The topological polar surface area (TPSA) is 79.5 Å². The molecule has 1 saturated carbocycles. The number of anilines is 2. The summed E-state index contributed by atoms with van der Waals surface area (Å²) in [5.74, 6) is -0.274. The van der Waals surface area contributed by atoms with E-state index in [0.717, 1.165) is 18.9 Å². The molecule has 3 N–H and O–H groups in total. The molecule has 29 heavy (non-hydrogen) atoms. The summed E-state index contributed by atoms with van der Waals surface area (Å²) in [6, 6.07) is 2.67. The zero-order valence-corrected chi connectivity index (χ0v) is 17.1. The number of halogens is 3. The first-order valence-corrected chi connectivity index (χ1v) is 9.65. The summed E-state index contributed by atoms with van der Waals surface area (Å²) >= 11 is 0. The summed E-state index contributed by atoms with van der Waals surface area (Å²) in [4.78, 5) is 24.6. The zero-order chi connectivity index (χ0) is 21.8. The number of alkyl halides is 3. The number of alkyl carbamates (subject to hydrolysis) is 1. The van der Waals surface area contributed by atoms with Gasteiger partial charge < -0.3 is 20.7 Å². The van der Waals surface area contributed by atoms with Gasteiger partial charge in [0.05, 0.1) is 16.9 Å². The standard InChI is InChI=1S/C20H28F3N3O3/c1-5-14(26-18(28)29-19(2,3)4)17(27)25-15-8-6-7-13(20(21,22)23)16(15)24-11-12-9-10-12/h6-8,12,14,24H,5,9-11H2,1-4H3,(H,25,27)(H,26,28). The molecule has 162 valence electrons. The normalized spacial score (nSPS) is 15.4. The quantitative estimate of drug-likeness (QED) is 0.599. The largest absolute Gasteiger partial charge is 0.444 e. The Hall–Kier alpha value is -2.45. The fourth-order valence-electron chi connectivity index (χ4n) is 2.67. The summed E-state index contributed by atoms with van der Waals surface area (Å²) in [7, 11) is 0. The number of para-hydroxylation sites is 1. The van der Waals surface area contributed by atoms with Crippen molar-refractivity contribution in [2.45, 2.75) is 64.8 Å². The van der Waals surface area contributed by atoms with Crippen LogP contribution in [-0.2, 0) is 15.7 Å². The van der Waals surface area contributed by atoms with Crippen molar-refractivity contribution < 1.29 is 27.5 Å². The van der Waals surface area contributed by atoms with Crippen molar-refractivity contribution >= 4 is 23.4 Å². The Morgan fingerprint density at radius 2 is 1.86 bits per heavy atom. The van der Waals surface area contributed by atoms with Crippen LogP contribution in [0.15, 0.2) is 18.2 Å². The van der Waals surface area contributed by atoms with Gasteiger partial charge in [-0.3, -0.25) is 4.79 Å². The number of carbonyl (C=O) groups is 2. The van der Waals surface area contributed by atoms with Crippen LogP contribution in [0, 0.1) is 5.92 Å². The highest BCUT2D eigenvalue weighted by molar-refractivity contribution is 5.99. The van der Waals surface area contributed by atoms with Gasteiger partial charge in [0.2, 0.25) is 5.91 Å². The second kappa shape index (κ2) is 8.92. The molecule has 0 radical (unpaired) electrons. The predicted octanol–water partition coefficient (Wildman–Crippen LogP) is 4.77. The van der Waals surface area contributed by atoms with Crippen molar-refractivity contribution in [2.75, 3.05) is 17.2 Å². The Morgan fingerprint density at radius 3 is 2.38 bits per heavy atom. The summed E-state index contributed by atoms with van der Waals surface area (Å²) in [5, 5.41) is 7.80. The molecule has 0 bridgehead atoms. The molecule has 0 spiro atoms. The maximum atomic E-state index is 13.4. The minimum Gasteiger partial charge on any atom is -0.444 e.